The summed E-state index contributed by atoms with van der Waals surface area (Å²) < 4.78 is 11.1. The summed E-state index contributed by atoms with van der Waals surface area (Å²) in [6.45, 7) is 9.13. The van der Waals surface area contributed by atoms with Gasteiger partial charge in [-0.3, -0.25) is 0 Å². The average Bonchev–Trinajstić information content (AvgIpc) is 2.78. The quantitative estimate of drug-likeness (QED) is 0.910. The van der Waals surface area contributed by atoms with Crippen molar-refractivity contribution < 1.29 is 9.26 Å². The molecular formula is C14H25N3O2. The molecule has 5 nitrogen and oxygen atoms in total. The molecule has 2 rings (SSSR count). The van der Waals surface area contributed by atoms with Crippen molar-refractivity contribution in [1.29, 1.82) is 0 Å². The van der Waals surface area contributed by atoms with Crippen molar-refractivity contribution in [1.82, 2.24) is 10.1 Å². The normalized spacial score (nSPS) is 26.4. The molecule has 1 aromatic heterocycles. The molecule has 1 aromatic rings. The number of aromatic nitrogens is 2. The fourth-order valence-corrected chi connectivity index (χ4v) is 2.16. The predicted octanol–water partition coefficient (Wildman–Crippen LogP) is 2.40. The van der Waals surface area contributed by atoms with Crippen LogP contribution in [0.1, 0.15) is 58.7 Å². The van der Waals surface area contributed by atoms with Crippen LogP contribution in [-0.2, 0) is 16.8 Å². The molecule has 1 saturated heterocycles. The van der Waals surface area contributed by atoms with Crippen LogP contribution in [0.2, 0.25) is 0 Å². The summed E-state index contributed by atoms with van der Waals surface area (Å²) in [5.74, 6) is 1.26. The first kappa shape index (κ1) is 14.5. The van der Waals surface area contributed by atoms with Crippen molar-refractivity contribution in [3.05, 3.63) is 11.7 Å². The molecule has 108 valence electrons. The maximum atomic E-state index is 6.14. The van der Waals surface area contributed by atoms with Crippen molar-refractivity contribution in [2.24, 2.45) is 11.1 Å². The zero-order valence-corrected chi connectivity index (χ0v) is 12.4. The van der Waals surface area contributed by atoms with Gasteiger partial charge in [0.15, 0.2) is 0 Å². The fraction of sp³-hybridized carbons (Fsp3) is 0.857. The third-order valence-electron chi connectivity index (χ3n) is 3.92. The number of hydrogen-bond donors (Lipinski definition) is 1. The third kappa shape index (κ3) is 3.34. The molecule has 0 bridgehead atoms. The molecule has 0 amide bonds. The van der Waals surface area contributed by atoms with Crippen LogP contribution in [0, 0.1) is 5.41 Å². The summed E-state index contributed by atoms with van der Waals surface area (Å²) in [5, 5.41) is 4.08. The lowest BCUT2D eigenvalue weighted by Gasteiger charge is -2.30. The average molecular weight is 267 g/mol. The highest BCUT2D eigenvalue weighted by Gasteiger charge is 2.35. The third-order valence-corrected chi connectivity index (χ3v) is 3.92. The molecule has 0 spiro atoms. The van der Waals surface area contributed by atoms with Gasteiger partial charge in [0, 0.05) is 19.1 Å². The van der Waals surface area contributed by atoms with Crippen LogP contribution in [0.4, 0.5) is 0 Å². The molecule has 5 heteroatoms. The molecule has 0 aliphatic carbocycles. The van der Waals surface area contributed by atoms with E-state index in [1.165, 1.54) is 0 Å². The summed E-state index contributed by atoms with van der Waals surface area (Å²) in [5.41, 5.74) is 5.78. The predicted molar refractivity (Wildman–Crippen MR) is 72.6 cm³/mol. The highest BCUT2D eigenvalue weighted by Crippen LogP contribution is 2.33. The van der Waals surface area contributed by atoms with Crippen LogP contribution < -0.4 is 5.73 Å². The fourth-order valence-electron chi connectivity index (χ4n) is 2.16. The van der Waals surface area contributed by atoms with E-state index in [0.717, 1.165) is 25.9 Å². The first-order chi connectivity index (χ1) is 8.81. The summed E-state index contributed by atoms with van der Waals surface area (Å²) in [4.78, 5) is 4.48. The van der Waals surface area contributed by atoms with Crippen LogP contribution >= 0.6 is 0 Å². The Labute approximate surface area is 114 Å². The van der Waals surface area contributed by atoms with Gasteiger partial charge in [0.25, 0.3) is 0 Å². The highest BCUT2D eigenvalue weighted by atomic mass is 16.5. The molecule has 2 atom stereocenters. The Morgan fingerprint density at radius 1 is 1.37 bits per heavy atom. The van der Waals surface area contributed by atoms with Gasteiger partial charge in [0.1, 0.15) is 5.60 Å². The van der Waals surface area contributed by atoms with Crippen molar-refractivity contribution >= 4 is 0 Å². The first-order valence-electron chi connectivity index (χ1n) is 7.04. The van der Waals surface area contributed by atoms with E-state index >= 15 is 0 Å². The van der Waals surface area contributed by atoms with Gasteiger partial charge < -0.3 is 15.0 Å². The molecule has 0 saturated carbocycles. The van der Waals surface area contributed by atoms with Crippen LogP contribution in [0.15, 0.2) is 4.52 Å². The molecule has 1 aliphatic heterocycles. The van der Waals surface area contributed by atoms with Crippen LogP contribution in [-0.4, -0.2) is 22.8 Å². The Kier molecular flexibility index (Phi) is 3.97. The number of nitrogens with zero attached hydrogens (tertiary/aromatic N) is 2. The van der Waals surface area contributed by atoms with E-state index < -0.39 is 5.60 Å². The number of hydrogen-bond acceptors (Lipinski definition) is 5. The standard InChI is InChI=1S/C14H25N3O2/c1-13(2,3)10(15)9-11-16-12(17-19-11)14(4)7-5-6-8-18-14/h10H,5-9,15H2,1-4H3. The summed E-state index contributed by atoms with van der Waals surface area (Å²) in [7, 11) is 0. The van der Waals surface area contributed by atoms with E-state index in [4.69, 9.17) is 15.0 Å². The Hall–Kier alpha value is -0.940. The van der Waals surface area contributed by atoms with Crippen molar-refractivity contribution in [3.8, 4) is 0 Å². The van der Waals surface area contributed by atoms with Gasteiger partial charge in [-0.15, -0.1) is 0 Å². The van der Waals surface area contributed by atoms with Gasteiger partial charge in [0.2, 0.25) is 11.7 Å². The second-order valence-electron chi connectivity index (χ2n) is 6.72. The first-order valence-corrected chi connectivity index (χ1v) is 7.04. The van der Waals surface area contributed by atoms with E-state index in [1.807, 2.05) is 6.92 Å². The highest BCUT2D eigenvalue weighted by molar-refractivity contribution is 5.02. The maximum Gasteiger partial charge on any atom is 0.228 e. The smallest absolute Gasteiger partial charge is 0.228 e. The van der Waals surface area contributed by atoms with Gasteiger partial charge in [0.05, 0.1) is 0 Å². The Bertz CT molecular complexity index is 417. The summed E-state index contributed by atoms with van der Waals surface area (Å²) in [6.07, 6.45) is 3.79. The Balaban J connectivity index is 2.06. The largest absolute Gasteiger partial charge is 0.367 e. The van der Waals surface area contributed by atoms with Gasteiger partial charge >= 0.3 is 0 Å². The van der Waals surface area contributed by atoms with Crippen LogP contribution in [0.3, 0.4) is 0 Å². The summed E-state index contributed by atoms with van der Waals surface area (Å²) in [6, 6.07) is 0.000815. The van der Waals surface area contributed by atoms with Crippen molar-refractivity contribution in [3.63, 3.8) is 0 Å². The van der Waals surface area contributed by atoms with E-state index in [9.17, 15) is 0 Å². The zero-order chi connectivity index (χ0) is 14.1. The van der Waals surface area contributed by atoms with Gasteiger partial charge in [-0.25, -0.2) is 0 Å². The molecule has 2 heterocycles. The minimum atomic E-state index is -0.397. The van der Waals surface area contributed by atoms with E-state index in [2.05, 4.69) is 30.9 Å². The van der Waals surface area contributed by atoms with Gasteiger partial charge in [-0.2, -0.15) is 4.98 Å². The molecule has 0 aromatic carbocycles. The maximum absolute atomic E-state index is 6.14. The molecule has 2 unspecified atom stereocenters. The number of rotatable bonds is 3. The van der Waals surface area contributed by atoms with Crippen molar-refractivity contribution in [2.45, 2.75) is 65.0 Å². The minimum absolute atomic E-state index is 0.000815. The number of ether oxygens (including phenoxy) is 1. The van der Waals surface area contributed by atoms with E-state index in [-0.39, 0.29) is 11.5 Å². The SMILES string of the molecule is CC1(c2noc(CC(N)C(C)(C)C)n2)CCCCO1. The lowest BCUT2D eigenvalue weighted by atomic mass is 9.85. The molecule has 19 heavy (non-hydrogen) atoms. The van der Waals surface area contributed by atoms with E-state index in [0.29, 0.717) is 18.1 Å². The Morgan fingerprint density at radius 3 is 2.68 bits per heavy atom. The molecular weight excluding hydrogens is 242 g/mol. The van der Waals surface area contributed by atoms with Gasteiger partial charge in [-0.1, -0.05) is 25.9 Å². The molecule has 2 N–H and O–H groups in total. The molecule has 1 aliphatic rings. The van der Waals surface area contributed by atoms with Crippen LogP contribution in [0.5, 0.6) is 0 Å². The second-order valence-corrected chi connectivity index (χ2v) is 6.72. The van der Waals surface area contributed by atoms with Crippen LogP contribution in [0.25, 0.3) is 0 Å². The second kappa shape index (κ2) is 5.21. The molecule has 0 radical (unpaired) electrons. The van der Waals surface area contributed by atoms with Gasteiger partial charge in [-0.05, 0) is 31.6 Å². The topological polar surface area (TPSA) is 74.2 Å². The minimum Gasteiger partial charge on any atom is -0.367 e. The van der Waals surface area contributed by atoms with Crippen molar-refractivity contribution in [2.75, 3.05) is 6.61 Å². The Morgan fingerprint density at radius 2 is 2.11 bits per heavy atom. The molecule has 1 fully saturated rings. The van der Waals surface area contributed by atoms with E-state index in [1.54, 1.807) is 0 Å². The number of nitrogens with two attached hydrogens (primary N) is 1. The zero-order valence-electron chi connectivity index (χ0n) is 12.4. The lowest BCUT2D eigenvalue weighted by molar-refractivity contribution is -0.0770. The summed E-state index contributed by atoms with van der Waals surface area (Å²) >= 11 is 0. The monoisotopic (exact) mass is 267 g/mol. The lowest BCUT2D eigenvalue weighted by Crippen LogP contribution is -2.37.